The van der Waals surface area contributed by atoms with Crippen LogP contribution in [0, 0.1) is 9.87 Å². The van der Waals surface area contributed by atoms with E-state index < -0.39 is 0 Å². The maximum atomic E-state index is 11.7. The number of amides is 1. The fourth-order valence-corrected chi connectivity index (χ4v) is 4.08. The summed E-state index contributed by atoms with van der Waals surface area (Å²) in [4.78, 5) is 11.7. The lowest BCUT2D eigenvalue weighted by atomic mass is 10.2. The molecule has 1 N–H and O–H groups in total. The Balaban J connectivity index is 2.05. The average molecular weight is 408 g/mol. The van der Waals surface area contributed by atoms with Gasteiger partial charge in [-0.05, 0) is 36.3 Å². The lowest BCUT2D eigenvalue weighted by Gasteiger charge is -2.06. The van der Waals surface area contributed by atoms with Crippen molar-refractivity contribution in [3.8, 4) is 5.69 Å². The van der Waals surface area contributed by atoms with Gasteiger partial charge >= 0.3 is 0 Å². The van der Waals surface area contributed by atoms with E-state index in [4.69, 9.17) is 35.4 Å². The second-order valence-corrected chi connectivity index (χ2v) is 8.79. The van der Waals surface area contributed by atoms with Gasteiger partial charge in [0.1, 0.15) is 0 Å². The maximum absolute atomic E-state index is 11.7. The van der Waals surface area contributed by atoms with Crippen molar-refractivity contribution >= 4 is 64.4 Å². The van der Waals surface area contributed by atoms with E-state index in [1.54, 1.807) is 22.9 Å². The molecule has 0 fully saturated rings. The quantitative estimate of drug-likeness (QED) is 0.549. The van der Waals surface area contributed by atoms with Crippen LogP contribution in [0.4, 0.5) is 0 Å². The van der Waals surface area contributed by atoms with Crippen molar-refractivity contribution in [1.82, 2.24) is 15.1 Å². The molecule has 0 unspecified atom stereocenters. The molecule has 0 atom stereocenters. The van der Waals surface area contributed by atoms with Crippen molar-refractivity contribution in [1.29, 1.82) is 0 Å². The number of carbonyl (C=O) groups excluding carboxylic acids is 1. The Bertz CT molecular complexity index is 758. The van der Waals surface area contributed by atoms with Crippen molar-refractivity contribution in [2.45, 2.75) is 18.2 Å². The first-order chi connectivity index (χ1) is 10.9. The highest BCUT2D eigenvalue weighted by Crippen LogP contribution is 2.27. The summed E-state index contributed by atoms with van der Waals surface area (Å²) < 4.78 is 2.95. The second kappa shape index (κ2) is 8.48. The summed E-state index contributed by atoms with van der Waals surface area (Å²) in [6.07, 6.45) is 0. The standard InChI is InChI=1S/C14H15Cl2N3OS3/c1-8(2)6-17-12(20)7-22-13-18-19(14(21)23-13)9-3-4-10(15)11(16)5-9/h3-5,8H,6-7H2,1-2H3,(H,17,20). The smallest absolute Gasteiger partial charge is 0.230 e. The second-order valence-electron chi connectivity index (χ2n) is 5.13. The largest absolute Gasteiger partial charge is 0.355 e. The van der Waals surface area contributed by atoms with Gasteiger partial charge in [0.25, 0.3) is 0 Å². The van der Waals surface area contributed by atoms with Gasteiger partial charge < -0.3 is 5.32 Å². The van der Waals surface area contributed by atoms with Gasteiger partial charge in [0.05, 0.1) is 21.5 Å². The molecule has 1 heterocycles. The highest BCUT2D eigenvalue weighted by molar-refractivity contribution is 8.01. The first-order valence-corrected chi connectivity index (χ1v) is 9.78. The predicted octanol–water partition coefficient (Wildman–Crippen LogP) is 4.83. The summed E-state index contributed by atoms with van der Waals surface area (Å²) >= 11 is 20.0. The topological polar surface area (TPSA) is 46.9 Å². The SMILES string of the molecule is CC(C)CNC(=O)CSc1nn(-c2ccc(Cl)c(Cl)c2)c(=S)s1. The maximum Gasteiger partial charge on any atom is 0.230 e. The van der Waals surface area contributed by atoms with E-state index in [0.29, 0.717) is 32.2 Å². The van der Waals surface area contributed by atoms with E-state index in [0.717, 1.165) is 10.0 Å². The molecule has 0 radical (unpaired) electrons. The molecule has 0 spiro atoms. The predicted molar refractivity (Wildman–Crippen MR) is 101 cm³/mol. The van der Waals surface area contributed by atoms with Crippen LogP contribution in [0.1, 0.15) is 13.8 Å². The first-order valence-electron chi connectivity index (χ1n) is 6.82. The Morgan fingerprint density at radius 3 is 2.83 bits per heavy atom. The molecular weight excluding hydrogens is 393 g/mol. The van der Waals surface area contributed by atoms with Gasteiger partial charge in [-0.2, -0.15) is 0 Å². The van der Waals surface area contributed by atoms with Crippen LogP contribution < -0.4 is 5.32 Å². The van der Waals surface area contributed by atoms with Gasteiger partial charge in [-0.15, -0.1) is 5.10 Å². The third-order valence-corrected chi connectivity index (χ3v) is 5.82. The van der Waals surface area contributed by atoms with Crippen LogP contribution in [0.25, 0.3) is 5.69 Å². The van der Waals surface area contributed by atoms with Crippen LogP contribution in [0.5, 0.6) is 0 Å². The number of nitrogens with zero attached hydrogens (tertiary/aromatic N) is 2. The molecule has 9 heteroatoms. The molecule has 2 aromatic rings. The molecule has 0 aliphatic heterocycles. The molecule has 4 nitrogen and oxygen atoms in total. The van der Waals surface area contributed by atoms with Crippen molar-refractivity contribution in [3.63, 3.8) is 0 Å². The molecule has 0 aliphatic carbocycles. The number of hydrogen-bond donors (Lipinski definition) is 1. The van der Waals surface area contributed by atoms with Gasteiger partial charge in [0.15, 0.2) is 8.29 Å². The van der Waals surface area contributed by atoms with Crippen LogP contribution in [0.15, 0.2) is 22.5 Å². The Morgan fingerprint density at radius 2 is 2.17 bits per heavy atom. The van der Waals surface area contributed by atoms with Crippen LogP contribution in [0.3, 0.4) is 0 Å². The number of hydrogen-bond acceptors (Lipinski definition) is 5. The van der Waals surface area contributed by atoms with E-state index in [1.807, 2.05) is 0 Å². The minimum atomic E-state index is -0.00842. The fourth-order valence-electron chi connectivity index (χ4n) is 1.60. The third-order valence-electron chi connectivity index (χ3n) is 2.71. The Kier molecular flexibility index (Phi) is 6.91. The molecular formula is C14H15Cl2N3OS3. The lowest BCUT2D eigenvalue weighted by Crippen LogP contribution is -2.28. The third kappa shape index (κ3) is 5.46. The summed E-state index contributed by atoms with van der Waals surface area (Å²) in [6, 6.07) is 5.21. The number of nitrogens with one attached hydrogen (secondary N) is 1. The van der Waals surface area contributed by atoms with Crippen LogP contribution in [-0.2, 0) is 4.79 Å². The monoisotopic (exact) mass is 407 g/mol. The molecule has 0 aliphatic rings. The number of carbonyl (C=O) groups is 1. The first kappa shape index (κ1) is 18.7. The zero-order valence-electron chi connectivity index (χ0n) is 12.5. The highest BCUT2D eigenvalue weighted by atomic mass is 35.5. The minimum absolute atomic E-state index is 0.00842. The molecule has 0 saturated carbocycles. The van der Waals surface area contributed by atoms with E-state index in [2.05, 4.69) is 24.3 Å². The highest BCUT2D eigenvalue weighted by Gasteiger charge is 2.10. The van der Waals surface area contributed by atoms with E-state index >= 15 is 0 Å². The average Bonchev–Trinajstić information content (AvgIpc) is 2.87. The van der Waals surface area contributed by atoms with Crippen molar-refractivity contribution in [2.24, 2.45) is 5.92 Å². The molecule has 1 aromatic carbocycles. The Labute approximate surface area is 158 Å². The molecule has 0 bridgehead atoms. The molecule has 124 valence electrons. The number of thioether (sulfide) groups is 1. The normalized spacial score (nSPS) is 11.0. The van der Waals surface area contributed by atoms with Gasteiger partial charge in [0.2, 0.25) is 5.91 Å². The van der Waals surface area contributed by atoms with Crippen molar-refractivity contribution in [2.75, 3.05) is 12.3 Å². The van der Waals surface area contributed by atoms with Gasteiger partial charge in [-0.1, -0.05) is 60.1 Å². The molecule has 1 aromatic heterocycles. The minimum Gasteiger partial charge on any atom is -0.355 e. The van der Waals surface area contributed by atoms with Crippen molar-refractivity contribution < 1.29 is 4.79 Å². The van der Waals surface area contributed by atoms with E-state index in [9.17, 15) is 4.79 Å². The molecule has 23 heavy (non-hydrogen) atoms. The molecule has 2 rings (SSSR count). The fraction of sp³-hybridized carbons (Fsp3) is 0.357. The summed E-state index contributed by atoms with van der Waals surface area (Å²) in [6.45, 7) is 4.78. The van der Waals surface area contributed by atoms with Crippen LogP contribution >= 0.6 is 58.5 Å². The summed E-state index contributed by atoms with van der Waals surface area (Å²) in [5.41, 5.74) is 0.747. The van der Waals surface area contributed by atoms with Crippen LogP contribution in [-0.4, -0.2) is 28.0 Å². The number of aromatic nitrogens is 2. The van der Waals surface area contributed by atoms with E-state index in [-0.39, 0.29) is 5.91 Å². The Hall–Kier alpha value is -0.600. The van der Waals surface area contributed by atoms with E-state index in [1.165, 1.54) is 23.1 Å². The number of halogens is 2. The number of rotatable bonds is 6. The molecule has 0 saturated heterocycles. The summed E-state index contributed by atoms with van der Waals surface area (Å²) in [5, 5.41) is 8.23. The van der Waals surface area contributed by atoms with Gasteiger partial charge in [-0.3, -0.25) is 4.79 Å². The lowest BCUT2D eigenvalue weighted by molar-refractivity contribution is -0.118. The Morgan fingerprint density at radius 1 is 1.43 bits per heavy atom. The van der Waals surface area contributed by atoms with Gasteiger partial charge in [0, 0.05) is 6.54 Å². The van der Waals surface area contributed by atoms with Gasteiger partial charge in [-0.25, -0.2) is 4.68 Å². The zero-order valence-corrected chi connectivity index (χ0v) is 16.5. The van der Waals surface area contributed by atoms with Crippen molar-refractivity contribution in [3.05, 3.63) is 32.2 Å². The van der Waals surface area contributed by atoms with Crippen LogP contribution in [0.2, 0.25) is 10.0 Å². The molecule has 1 amide bonds. The summed E-state index contributed by atoms with van der Waals surface area (Å²) in [7, 11) is 0. The summed E-state index contributed by atoms with van der Waals surface area (Å²) in [5.74, 6) is 0.738. The number of benzene rings is 1. The zero-order chi connectivity index (χ0) is 17.0.